The standard InChI is InChI=1S/C7H10N2/c1-3-4-7-5-6-8-9(7)2/h3-6H,1-2H3/b4-3-. The van der Waals surface area contributed by atoms with E-state index in [9.17, 15) is 0 Å². The first-order valence-corrected chi connectivity index (χ1v) is 2.95. The maximum absolute atomic E-state index is 4.00. The highest BCUT2D eigenvalue weighted by Gasteiger charge is 1.88. The Bertz CT molecular complexity index is 210. The molecule has 0 N–H and O–H groups in total. The molecule has 0 spiro atoms. The molecule has 1 heterocycles. The van der Waals surface area contributed by atoms with Crippen LogP contribution in [0.4, 0.5) is 0 Å². The molecule has 0 saturated heterocycles. The van der Waals surface area contributed by atoms with Gasteiger partial charge in [0.25, 0.3) is 0 Å². The van der Waals surface area contributed by atoms with Gasteiger partial charge in [0, 0.05) is 13.2 Å². The van der Waals surface area contributed by atoms with Gasteiger partial charge in [-0.05, 0) is 19.1 Å². The summed E-state index contributed by atoms with van der Waals surface area (Å²) >= 11 is 0. The molecule has 1 aromatic rings. The fraction of sp³-hybridized carbons (Fsp3) is 0.286. The second kappa shape index (κ2) is 2.49. The summed E-state index contributed by atoms with van der Waals surface area (Å²) in [6.45, 7) is 1.99. The van der Waals surface area contributed by atoms with E-state index in [0.29, 0.717) is 0 Å². The highest BCUT2D eigenvalue weighted by molar-refractivity contribution is 5.43. The van der Waals surface area contributed by atoms with E-state index in [2.05, 4.69) is 5.10 Å². The summed E-state index contributed by atoms with van der Waals surface area (Å²) in [5, 5.41) is 4.00. The van der Waals surface area contributed by atoms with Crippen molar-refractivity contribution in [3.05, 3.63) is 24.0 Å². The highest BCUT2D eigenvalue weighted by Crippen LogP contribution is 1.97. The molecule has 0 bridgehead atoms. The van der Waals surface area contributed by atoms with Crippen LogP contribution in [0.1, 0.15) is 12.6 Å². The molecule has 0 radical (unpaired) electrons. The zero-order valence-corrected chi connectivity index (χ0v) is 5.70. The molecule has 1 aromatic heterocycles. The molecule has 1 rings (SSSR count). The van der Waals surface area contributed by atoms with Crippen molar-refractivity contribution in [2.75, 3.05) is 0 Å². The van der Waals surface area contributed by atoms with Crippen molar-refractivity contribution in [1.82, 2.24) is 9.78 Å². The minimum absolute atomic E-state index is 1.14. The van der Waals surface area contributed by atoms with E-state index in [4.69, 9.17) is 0 Å². The molecule has 2 nitrogen and oxygen atoms in total. The summed E-state index contributed by atoms with van der Waals surface area (Å²) in [6.07, 6.45) is 5.80. The summed E-state index contributed by atoms with van der Waals surface area (Å²) < 4.78 is 1.83. The normalized spacial score (nSPS) is 10.9. The van der Waals surface area contributed by atoms with Crippen LogP contribution in [0.2, 0.25) is 0 Å². The van der Waals surface area contributed by atoms with Crippen molar-refractivity contribution in [2.45, 2.75) is 6.92 Å². The molecule has 9 heavy (non-hydrogen) atoms. The van der Waals surface area contributed by atoms with Crippen LogP contribution >= 0.6 is 0 Å². The molecule has 0 amide bonds. The van der Waals surface area contributed by atoms with Gasteiger partial charge < -0.3 is 0 Å². The molecule has 0 saturated carbocycles. The van der Waals surface area contributed by atoms with Crippen LogP contribution in [0, 0.1) is 0 Å². The summed E-state index contributed by atoms with van der Waals surface area (Å²) in [5.41, 5.74) is 1.14. The van der Waals surface area contributed by atoms with Gasteiger partial charge in [-0.3, -0.25) is 4.68 Å². The van der Waals surface area contributed by atoms with E-state index in [-0.39, 0.29) is 0 Å². The Kier molecular flexibility index (Phi) is 1.68. The molecule has 0 aromatic carbocycles. The maximum Gasteiger partial charge on any atom is 0.0603 e. The van der Waals surface area contributed by atoms with Crippen molar-refractivity contribution in [3.63, 3.8) is 0 Å². The topological polar surface area (TPSA) is 17.8 Å². The van der Waals surface area contributed by atoms with Gasteiger partial charge in [0.15, 0.2) is 0 Å². The first kappa shape index (κ1) is 6.08. The van der Waals surface area contributed by atoms with Gasteiger partial charge in [0.1, 0.15) is 0 Å². The number of allylic oxidation sites excluding steroid dienone is 1. The van der Waals surface area contributed by atoms with Crippen molar-refractivity contribution in [2.24, 2.45) is 7.05 Å². The van der Waals surface area contributed by atoms with Crippen LogP contribution < -0.4 is 0 Å². The van der Waals surface area contributed by atoms with E-state index < -0.39 is 0 Å². The largest absolute Gasteiger partial charge is 0.269 e. The second-order valence-corrected chi connectivity index (χ2v) is 1.88. The number of nitrogens with zero attached hydrogens (tertiary/aromatic N) is 2. The minimum atomic E-state index is 1.14. The van der Waals surface area contributed by atoms with Crippen molar-refractivity contribution in [1.29, 1.82) is 0 Å². The Morgan fingerprint density at radius 1 is 1.67 bits per heavy atom. The molecular formula is C7H10N2. The molecular weight excluding hydrogens is 112 g/mol. The van der Waals surface area contributed by atoms with E-state index in [1.807, 2.05) is 36.9 Å². The molecule has 2 heteroatoms. The van der Waals surface area contributed by atoms with Gasteiger partial charge in [-0.25, -0.2) is 0 Å². The maximum atomic E-state index is 4.00. The molecule has 48 valence electrons. The van der Waals surface area contributed by atoms with Crippen LogP contribution in [0.3, 0.4) is 0 Å². The number of rotatable bonds is 1. The van der Waals surface area contributed by atoms with Crippen LogP contribution in [0.5, 0.6) is 0 Å². The lowest BCUT2D eigenvalue weighted by Gasteiger charge is -1.90. The van der Waals surface area contributed by atoms with Crippen LogP contribution in [0.25, 0.3) is 6.08 Å². The lowest BCUT2D eigenvalue weighted by atomic mass is 10.4. The molecule has 0 unspecified atom stereocenters. The first-order valence-electron chi connectivity index (χ1n) is 2.95. The predicted octanol–water partition coefficient (Wildman–Crippen LogP) is 1.45. The van der Waals surface area contributed by atoms with E-state index in [1.54, 1.807) is 6.20 Å². The molecule has 0 aliphatic rings. The molecule has 0 aliphatic heterocycles. The van der Waals surface area contributed by atoms with Gasteiger partial charge in [-0.2, -0.15) is 5.10 Å². The fourth-order valence-corrected chi connectivity index (χ4v) is 0.718. The third-order valence-corrected chi connectivity index (χ3v) is 1.20. The van der Waals surface area contributed by atoms with E-state index in [0.717, 1.165) is 5.69 Å². The second-order valence-electron chi connectivity index (χ2n) is 1.88. The van der Waals surface area contributed by atoms with Crippen molar-refractivity contribution in [3.8, 4) is 0 Å². The van der Waals surface area contributed by atoms with Crippen LogP contribution in [0.15, 0.2) is 18.3 Å². The Balaban J connectivity index is 2.94. The number of aromatic nitrogens is 2. The van der Waals surface area contributed by atoms with Crippen molar-refractivity contribution >= 4 is 6.08 Å². The summed E-state index contributed by atoms with van der Waals surface area (Å²) in [5.74, 6) is 0. The van der Waals surface area contributed by atoms with Crippen molar-refractivity contribution < 1.29 is 0 Å². The first-order chi connectivity index (χ1) is 4.34. The number of aryl methyl sites for hydroxylation is 1. The Labute approximate surface area is 54.8 Å². The van der Waals surface area contributed by atoms with Gasteiger partial charge in [0.2, 0.25) is 0 Å². The smallest absolute Gasteiger partial charge is 0.0603 e. The van der Waals surface area contributed by atoms with Crippen LogP contribution in [-0.2, 0) is 7.05 Å². The predicted molar refractivity (Wildman–Crippen MR) is 37.9 cm³/mol. The van der Waals surface area contributed by atoms with Gasteiger partial charge in [0.05, 0.1) is 5.69 Å². The number of hydrogen-bond donors (Lipinski definition) is 0. The summed E-state index contributed by atoms with van der Waals surface area (Å²) in [6, 6.07) is 1.97. The SMILES string of the molecule is C/C=C\c1ccnn1C. The van der Waals surface area contributed by atoms with Crippen LogP contribution in [-0.4, -0.2) is 9.78 Å². The fourth-order valence-electron chi connectivity index (χ4n) is 0.718. The van der Waals surface area contributed by atoms with Gasteiger partial charge in [-0.15, -0.1) is 0 Å². The van der Waals surface area contributed by atoms with E-state index in [1.165, 1.54) is 0 Å². The summed E-state index contributed by atoms with van der Waals surface area (Å²) in [7, 11) is 1.93. The quantitative estimate of drug-likeness (QED) is 0.551. The minimum Gasteiger partial charge on any atom is -0.269 e. The van der Waals surface area contributed by atoms with E-state index >= 15 is 0 Å². The Hall–Kier alpha value is -1.05. The molecule has 0 aliphatic carbocycles. The average Bonchev–Trinajstić information content (AvgIpc) is 2.18. The monoisotopic (exact) mass is 122 g/mol. The Morgan fingerprint density at radius 2 is 2.44 bits per heavy atom. The zero-order valence-electron chi connectivity index (χ0n) is 5.70. The molecule has 0 fully saturated rings. The average molecular weight is 122 g/mol. The third-order valence-electron chi connectivity index (χ3n) is 1.20. The lowest BCUT2D eigenvalue weighted by Crippen LogP contribution is -1.91. The third kappa shape index (κ3) is 1.19. The van der Waals surface area contributed by atoms with Gasteiger partial charge in [-0.1, -0.05) is 6.08 Å². The van der Waals surface area contributed by atoms with Gasteiger partial charge >= 0.3 is 0 Å². The zero-order chi connectivity index (χ0) is 6.69. The summed E-state index contributed by atoms with van der Waals surface area (Å²) in [4.78, 5) is 0. The Morgan fingerprint density at radius 3 is 2.89 bits per heavy atom. The highest BCUT2D eigenvalue weighted by atomic mass is 15.2. The molecule has 0 atom stereocenters. The number of hydrogen-bond acceptors (Lipinski definition) is 1. The lowest BCUT2D eigenvalue weighted by molar-refractivity contribution is 0.759.